The van der Waals surface area contributed by atoms with E-state index in [2.05, 4.69) is 14.8 Å². The lowest BCUT2D eigenvalue weighted by molar-refractivity contribution is -0.113. The molecule has 2 aliphatic rings. The van der Waals surface area contributed by atoms with Gasteiger partial charge in [0.15, 0.2) is 5.17 Å². The van der Waals surface area contributed by atoms with Crippen LogP contribution < -0.4 is 9.47 Å². The summed E-state index contributed by atoms with van der Waals surface area (Å²) in [5.41, 5.74) is 0.813. The number of hydrogen-bond acceptors (Lipinski definition) is 7. The second kappa shape index (κ2) is 8.57. The summed E-state index contributed by atoms with van der Waals surface area (Å²) in [6.07, 6.45) is 1.81. The Morgan fingerprint density at radius 2 is 2.00 bits per heavy atom. The van der Waals surface area contributed by atoms with Crippen molar-refractivity contribution in [2.75, 3.05) is 53.6 Å². The van der Waals surface area contributed by atoms with Crippen LogP contribution in [-0.4, -0.2) is 79.5 Å². The zero-order chi connectivity index (χ0) is 18.5. The van der Waals surface area contributed by atoms with Crippen LogP contribution in [0.2, 0.25) is 0 Å². The summed E-state index contributed by atoms with van der Waals surface area (Å²) in [5, 5.41) is 9.78. The third-order valence-corrected chi connectivity index (χ3v) is 5.44. The van der Waals surface area contributed by atoms with Crippen LogP contribution in [0.1, 0.15) is 5.56 Å². The fourth-order valence-electron chi connectivity index (χ4n) is 2.92. The lowest BCUT2D eigenvalue weighted by Crippen LogP contribution is -2.48. The third kappa shape index (κ3) is 4.20. The van der Waals surface area contributed by atoms with Gasteiger partial charge >= 0.3 is 0 Å². The van der Waals surface area contributed by atoms with Gasteiger partial charge in [-0.15, -0.1) is 0 Å². The van der Waals surface area contributed by atoms with Crippen LogP contribution in [-0.2, 0) is 4.79 Å². The molecule has 0 radical (unpaired) electrons. The number of amides is 1. The smallest absolute Gasteiger partial charge is 0.286 e. The monoisotopic (exact) mass is 377 g/mol. The zero-order valence-corrected chi connectivity index (χ0v) is 15.8. The van der Waals surface area contributed by atoms with E-state index in [1.165, 1.54) is 11.8 Å². The molecule has 0 bridgehead atoms. The standard InChI is InChI=1S/C18H23N3O4S/c1-24-14-4-3-13(15(12-14)25-2)11-16-17(23)19-18(26-16)21-7-5-20(6-8-21)9-10-22/h3-4,11-12,22H,5-10H2,1-2H3/b16-11-. The molecule has 0 saturated carbocycles. The Morgan fingerprint density at radius 1 is 1.23 bits per heavy atom. The van der Waals surface area contributed by atoms with Crippen molar-refractivity contribution in [1.29, 1.82) is 0 Å². The maximum Gasteiger partial charge on any atom is 0.286 e. The van der Waals surface area contributed by atoms with Crippen molar-refractivity contribution in [3.05, 3.63) is 28.7 Å². The molecular weight excluding hydrogens is 354 g/mol. The van der Waals surface area contributed by atoms with Crippen molar-refractivity contribution < 1.29 is 19.4 Å². The summed E-state index contributed by atoms with van der Waals surface area (Å²) < 4.78 is 10.6. The van der Waals surface area contributed by atoms with Gasteiger partial charge in [-0.3, -0.25) is 9.69 Å². The van der Waals surface area contributed by atoms with Crippen LogP contribution in [0.5, 0.6) is 11.5 Å². The number of carbonyl (C=O) groups excluding carboxylic acids is 1. The van der Waals surface area contributed by atoms with Crippen LogP contribution >= 0.6 is 11.8 Å². The molecule has 140 valence electrons. The van der Waals surface area contributed by atoms with Gasteiger partial charge in [-0.2, -0.15) is 4.99 Å². The Balaban J connectivity index is 1.69. The van der Waals surface area contributed by atoms with Crippen LogP contribution in [0.4, 0.5) is 0 Å². The number of aliphatic hydroxyl groups excluding tert-OH is 1. The van der Waals surface area contributed by atoms with E-state index in [-0.39, 0.29) is 12.5 Å². The van der Waals surface area contributed by atoms with Crippen LogP contribution in [0, 0.1) is 0 Å². The van der Waals surface area contributed by atoms with E-state index in [0.717, 1.165) is 36.9 Å². The lowest BCUT2D eigenvalue weighted by atomic mass is 10.1. The van der Waals surface area contributed by atoms with Crippen LogP contribution in [0.15, 0.2) is 28.1 Å². The Morgan fingerprint density at radius 3 is 2.65 bits per heavy atom. The quantitative estimate of drug-likeness (QED) is 0.775. The summed E-state index contributed by atoms with van der Waals surface area (Å²) in [6.45, 7) is 4.19. The van der Waals surface area contributed by atoms with E-state index < -0.39 is 0 Å². The molecular formula is C18H23N3O4S. The highest BCUT2D eigenvalue weighted by Gasteiger charge is 2.28. The summed E-state index contributed by atoms with van der Waals surface area (Å²) >= 11 is 1.40. The second-order valence-electron chi connectivity index (χ2n) is 5.97. The van der Waals surface area contributed by atoms with E-state index in [1.54, 1.807) is 20.3 Å². The molecule has 1 aromatic carbocycles. The van der Waals surface area contributed by atoms with Crippen molar-refractivity contribution in [1.82, 2.24) is 9.80 Å². The largest absolute Gasteiger partial charge is 0.497 e. The summed E-state index contributed by atoms with van der Waals surface area (Å²) in [4.78, 5) is 21.4. The third-order valence-electron chi connectivity index (χ3n) is 4.40. The van der Waals surface area contributed by atoms with Gasteiger partial charge in [-0.25, -0.2) is 0 Å². The number of ether oxygens (including phenoxy) is 2. The topological polar surface area (TPSA) is 74.6 Å². The molecule has 7 nitrogen and oxygen atoms in total. The summed E-state index contributed by atoms with van der Waals surface area (Å²) in [7, 11) is 3.19. The number of methoxy groups -OCH3 is 2. The molecule has 0 aromatic heterocycles. The lowest BCUT2D eigenvalue weighted by Gasteiger charge is -2.34. The van der Waals surface area contributed by atoms with Gasteiger partial charge in [-0.1, -0.05) is 0 Å². The molecule has 2 heterocycles. The first-order chi connectivity index (χ1) is 12.6. The van der Waals surface area contributed by atoms with Gasteiger partial charge < -0.3 is 19.5 Å². The van der Waals surface area contributed by atoms with Gasteiger partial charge in [0.2, 0.25) is 0 Å². The molecule has 0 spiro atoms. The average molecular weight is 377 g/mol. The Hall–Kier alpha value is -2.03. The van der Waals surface area contributed by atoms with Crippen molar-refractivity contribution in [2.24, 2.45) is 4.99 Å². The first-order valence-corrected chi connectivity index (χ1v) is 9.29. The van der Waals surface area contributed by atoms with E-state index in [9.17, 15) is 4.79 Å². The molecule has 1 aromatic rings. The minimum absolute atomic E-state index is 0.171. The highest BCUT2D eigenvalue weighted by Crippen LogP contribution is 2.33. The van der Waals surface area contributed by atoms with E-state index in [4.69, 9.17) is 14.6 Å². The average Bonchev–Trinajstić information content (AvgIpc) is 3.03. The molecule has 0 atom stereocenters. The van der Waals surface area contributed by atoms with E-state index >= 15 is 0 Å². The van der Waals surface area contributed by atoms with Crippen molar-refractivity contribution >= 4 is 28.9 Å². The van der Waals surface area contributed by atoms with Gasteiger partial charge in [-0.05, 0) is 30.0 Å². The number of hydrogen-bond donors (Lipinski definition) is 1. The highest BCUT2D eigenvalue weighted by atomic mass is 32.2. The minimum atomic E-state index is -0.222. The zero-order valence-electron chi connectivity index (χ0n) is 15.0. The van der Waals surface area contributed by atoms with Gasteiger partial charge in [0, 0.05) is 44.4 Å². The molecule has 26 heavy (non-hydrogen) atoms. The first kappa shape index (κ1) is 18.8. The van der Waals surface area contributed by atoms with Gasteiger partial charge in [0.05, 0.1) is 25.7 Å². The number of piperazine rings is 1. The number of carbonyl (C=O) groups is 1. The number of nitrogens with zero attached hydrogens (tertiary/aromatic N) is 3. The number of β-amino-alcohol motifs (C(OH)–C–C–N with tert-alkyl or cyclic N) is 1. The number of aliphatic hydroxyl groups is 1. The molecule has 1 saturated heterocycles. The van der Waals surface area contributed by atoms with Crippen molar-refractivity contribution in [3.8, 4) is 11.5 Å². The SMILES string of the molecule is COc1ccc(/C=C2\SC(N3CCN(CCO)CC3)=NC2=O)c(OC)c1. The normalized spacial score (nSPS) is 19.8. The number of aliphatic imine (C=N–C) groups is 1. The fourth-order valence-corrected chi connectivity index (χ4v) is 3.87. The van der Waals surface area contributed by atoms with E-state index in [0.29, 0.717) is 22.9 Å². The predicted molar refractivity (Wildman–Crippen MR) is 103 cm³/mol. The maximum absolute atomic E-state index is 12.3. The number of thioether (sulfide) groups is 1. The maximum atomic E-state index is 12.3. The Labute approximate surface area is 157 Å². The van der Waals surface area contributed by atoms with Crippen LogP contribution in [0.25, 0.3) is 6.08 Å². The minimum Gasteiger partial charge on any atom is -0.497 e. The molecule has 1 amide bonds. The predicted octanol–water partition coefficient (Wildman–Crippen LogP) is 1.28. The van der Waals surface area contributed by atoms with Crippen molar-refractivity contribution in [3.63, 3.8) is 0 Å². The Bertz CT molecular complexity index is 727. The first-order valence-electron chi connectivity index (χ1n) is 8.47. The number of amidine groups is 1. The van der Waals surface area contributed by atoms with Crippen LogP contribution in [0.3, 0.4) is 0 Å². The fraction of sp³-hybridized carbons (Fsp3) is 0.444. The molecule has 0 unspecified atom stereocenters. The summed E-state index contributed by atoms with van der Waals surface area (Å²) in [6, 6.07) is 5.49. The molecule has 1 N–H and O–H groups in total. The molecule has 2 aliphatic heterocycles. The summed E-state index contributed by atoms with van der Waals surface area (Å²) in [5.74, 6) is 1.13. The number of rotatable bonds is 5. The molecule has 3 rings (SSSR count). The molecule has 1 fully saturated rings. The number of benzene rings is 1. The highest BCUT2D eigenvalue weighted by molar-refractivity contribution is 8.18. The molecule has 8 heteroatoms. The van der Waals surface area contributed by atoms with E-state index in [1.807, 2.05) is 18.2 Å². The van der Waals surface area contributed by atoms with Gasteiger partial charge in [0.25, 0.3) is 5.91 Å². The van der Waals surface area contributed by atoms with Crippen molar-refractivity contribution in [2.45, 2.75) is 0 Å². The van der Waals surface area contributed by atoms with Gasteiger partial charge in [0.1, 0.15) is 11.5 Å². The molecule has 0 aliphatic carbocycles. The Kier molecular flexibility index (Phi) is 6.18. The second-order valence-corrected chi connectivity index (χ2v) is 6.98.